The van der Waals surface area contributed by atoms with Gasteiger partial charge in [0.25, 0.3) is 11.6 Å². The van der Waals surface area contributed by atoms with Crippen molar-refractivity contribution in [2.24, 2.45) is 0 Å². The van der Waals surface area contributed by atoms with E-state index in [2.05, 4.69) is 9.36 Å². The number of aromatic carboxylic acids is 1. The fourth-order valence-electron chi connectivity index (χ4n) is 1.72. The molecule has 110 valence electrons. The number of hydrogen-bond donors (Lipinski definition) is 2. The molecule has 0 radical (unpaired) electrons. The fourth-order valence-corrected chi connectivity index (χ4v) is 2.56. The van der Waals surface area contributed by atoms with Gasteiger partial charge < -0.3 is 10.1 Å². The number of aromatic nitrogens is 2. The normalized spacial score (nSPS) is 10.4. The second-order valence-corrected chi connectivity index (χ2v) is 4.90. The van der Waals surface area contributed by atoms with Crippen molar-refractivity contribution in [2.45, 2.75) is 6.92 Å². The summed E-state index contributed by atoms with van der Waals surface area (Å²) in [5.41, 5.74) is -0.00573. The SMILES string of the molecule is Cc1nsc(N(C)C(=O)c2cc([N+](=O)[O-])c[nH]2)c1C(=O)O. The van der Waals surface area contributed by atoms with E-state index in [-0.39, 0.29) is 21.9 Å². The molecule has 0 saturated carbocycles. The fraction of sp³-hybridized carbons (Fsp3) is 0.182. The van der Waals surface area contributed by atoms with Crippen LogP contribution in [-0.4, -0.2) is 38.3 Å². The van der Waals surface area contributed by atoms with Crippen LogP contribution in [0.1, 0.15) is 26.5 Å². The van der Waals surface area contributed by atoms with Crippen LogP contribution >= 0.6 is 11.5 Å². The summed E-state index contributed by atoms with van der Waals surface area (Å²) in [7, 11) is 1.38. The van der Waals surface area contributed by atoms with Crippen molar-refractivity contribution in [1.29, 1.82) is 0 Å². The van der Waals surface area contributed by atoms with Gasteiger partial charge in [-0.15, -0.1) is 0 Å². The third-order valence-electron chi connectivity index (χ3n) is 2.78. The van der Waals surface area contributed by atoms with Gasteiger partial charge in [0.05, 0.1) is 16.8 Å². The molecule has 0 bridgehead atoms. The minimum atomic E-state index is -1.19. The third kappa shape index (κ3) is 2.60. The molecule has 0 saturated heterocycles. The van der Waals surface area contributed by atoms with E-state index in [9.17, 15) is 19.7 Å². The lowest BCUT2D eigenvalue weighted by atomic mass is 10.2. The van der Waals surface area contributed by atoms with E-state index in [0.29, 0.717) is 5.69 Å². The number of carboxylic acids is 1. The summed E-state index contributed by atoms with van der Waals surface area (Å²) in [6.07, 6.45) is 1.09. The van der Waals surface area contributed by atoms with E-state index in [1.807, 2.05) is 0 Å². The molecule has 0 aliphatic carbocycles. The minimum Gasteiger partial charge on any atom is -0.478 e. The number of nitrogens with zero attached hydrogens (tertiary/aromatic N) is 3. The van der Waals surface area contributed by atoms with Crippen LogP contribution in [0.4, 0.5) is 10.7 Å². The zero-order chi connectivity index (χ0) is 15.7. The Morgan fingerprint density at radius 3 is 2.71 bits per heavy atom. The number of hydrogen-bond acceptors (Lipinski definition) is 6. The summed E-state index contributed by atoms with van der Waals surface area (Å²) in [4.78, 5) is 37.0. The van der Waals surface area contributed by atoms with Crippen LogP contribution < -0.4 is 4.90 Å². The Bertz CT molecular complexity index is 735. The van der Waals surface area contributed by atoms with Crippen molar-refractivity contribution >= 4 is 34.1 Å². The highest BCUT2D eigenvalue weighted by Crippen LogP contribution is 2.29. The van der Waals surface area contributed by atoms with E-state index in [4.69, 9.17) is 5.11 Å². The molecule has 0 fully saturated rings. The Balaban J connectivity index is 2.35. The van der Waals surface area contributed by atoms with E-state index in [0.717, 1.165) is 28.7 Å². The Morgan fingerprint density at radius 2 is 2.19 bits per heavy atom. The molecule has 21 heavy (non-hydrogen) atoms. The molecule has 0 aliphatic heterocycles. The van der Waals surface area contributed by atoms with Crippen molar-refractivity contribution in [2.75, 3.05) is 11.9 Å². The highest BCUT2D eigenvalue weighted by molar-refractivity contribution is 7.11. The quantitative estimate of drug-likeness (QED) is 0.652. The predicted molar refractivity (Wildman–Crippen MR) is 74.0 cm³/mol. The van der Waals surface area contributed by atoms with Crippen LogP contribution in [0.5, 0.6) is 0 Å². The van der Waals surface area contributed by atoms with Crippen molar-refractivity contribution in [3.05, 3.63) is 39.3 Å². The maximum atomic E-state index is 12.2. The molecular weight excluding hydrogens is 300 g/mol. The summed E-state index contributed by atoms with van der Waals surface area (Å²) < 4.78 is 3.92. The molecule has 0 spiro atoms. The number of rotatable bonds is 4. The van der Waals surface area contributed by atoms with Gasteiger partial charge in [-0.05, 0) is 18.5 Å². The van der Waals surface area contributed by atoms with E-state index < -0.39 is 16.8 Å². The smallest absolute Gasteiger partial charge is 0.340 e. The first-order chi connectivity index (χ1) is 9.82. The zero-order valence-corrected chi connectivity index (χ0v) is 11.8. The molecule has 2 heterocycles. The predicted octanol–water partition coefficient (Wildman–Crippen LogP) is 1.66. The van der Waals surface area contributed by atoms with Crippen LogP contribution in [0.15, 0.2) is 12.3 Å². The molecular formula is C11H10N4O5S. The number of nitrogens with one attached hydrogen (secondary N) is 1. The van der Waals surface area contributed by atoms with Crippen LogP contribution in [0.3, 0.4) is 0 Å². The van der Waals surface area contributed by atoms with Crippen molar-refractivity contribution in [1.82, 2.24) is 9.36 Å². The Hall–Kier alpha value is -2.75. The third-order valence-corrected chi connectivity index (χ3v) is 3.79. The highest BCUT2D eigenvalue weighted by Gasteiger charge is 2.26. The van der Waals surface area contributed by atoms with Crippen molar-refractivity contribution < 1.29 is 19.6 Å². The number of H-pyrrole nitrogens is 1. The highest BCUT2D eigenvalue weighted by atomic mass is 32.1. The Labute approximate surface area is 122 Å². The van der Waals surface area contributed by atoms with Gasteiger partial charge in [0.1, 0.15) is 16.3 Å². The van der Waals surface area contributed by atoms with Gasteiger partial charge in [0, 0.05) is 13.1 Å². The average molecular weight is 310 g/mol. The average Bonchev–Trinajstić information content (AvgIpc) is 3.03. The van der Waals surface area contributed by atoms with E-state index >= 15 is 0 Å². The maximum Gasteiger partial charge on any atom is 0.340 e. The molecule has 1 amide bonds. The lowest BCUT2D eigenvalue weighted by molar-refractivity contribution is -0.384. The number of carboxylic acid groups (broad SMARTS) is 1. The molecule has 0 unspecified atom stereocenters. The lowest BCUT2D eigenvalue weighted by Gasteiger charge is -2.14. The number of carbonyl (C=O) groups is 2. The molecule has 2 aromatic rings. The van der Waals surface area contributed by atoms with Crippen LogP contribution in [-0.2, 0) is 0 Å². The monoisotopic (exact) mass is 310 g/mol. The molecule has 0 atom stereocenters. The van der Waals surface area contributed by atoms with Gasteiger partial charge in [-0.2, -0.15) is 4.37 Å². The first-order valence-corrected chi connectivity index (χ1v) is 6.40. The molecule has 10 heteroatoms. The number of anilines is 1. The first-order valence-electron chi connectivity index (χ1n) is 5.63. The largest absolute Gasteiger partial charge is 0.478 e. The minimum absolute atomic E-state index is 0.00779. The molecule has 0 aliphatic rings. The molecule has 2 aromatic heterocycles. The van der Waals surface area contributed by atoms with Gasteiger partial charge in [0.2, 0.25) is 0 Å². The van der Waals surface area contributed by atoms with Gasteiger partial charge in [0.15, 0.2) is 0 Å². The van der Waals surface area contributed by atoms with Gasteiger partial charge in [-0.25, -0.2) is 4.79 Å². The second kappa shape index (κ2) is 5.32. The zero-order valence-electron chi connectivity index (χ0n) is 11.0. The van der Waals surface area contributed by atoms with Crippen molar-refractivity contribution in [3.63, 3.8) is 0 Å². The molecule has 2 rings (SSSR count). The topological polar surface area (TPSA) is 129 Å². The number of aryl methyl sites for hydroxylation is 1. The molecule has 0 aromatic carbocycles. The second-order valence-electron chi connectivity index (χ2n) is 4.15. The Morgan fingerprint density at radius 1 is 1.52 bits per heavy atom. The summed E-state index contributed by atoms with van der Waals surface area (Å²) in [5, 5.41) is 19.9. The van der Waals surface area contributed by atoms with Gasteiger partial charge >= 0.3 is 5.97 Å². The summed E-state index contributed by atoms with van der Waals surface area (Å²) in [5.74, 6) is -1.78. The lowest BCUT2D eigenvalue weighted by Crippen LogP contribution is -2.27. The maximum absolute atomic E-state index is 12.2. The Kier molecular flexibility index (Phi) is 3.72. The number of aromatic amines is 1. The van der Waals surface area contributed by atoms with Crippen LogP contribution in [0.25, 0.3) is 0 Å². The van der Waals surface area contributed by atoms with Crippen LogP contribution in [0, 0.1) is 17.0 Å². The van der Waals surface area contributed by atoms with E-state index in [1.165, 1.54) is 14.0 Å². The van der Waals surface area contributed by atoms with E-state index in [1.54, 1.807) is 0 Å². The number of amides is 1. The first kappa shape index (κ1) is 14.7. The van der Waals surface area contributed by atoms with Gasteiger partial charge in [-0.3, -0.25) is 19.8 Å². The number of carbonyl (C=O) groups excluding carboxylic acids is 1. The van der Waals surface area contributed by atoms with Crippen LogP contribution in [0.2, 0.25) is 0 Å². The van der Waals surface area contributed by atoms with Gasteiger partial charge in [-0.1, -0.05) is 0 Å². The molecule has 9 nitrogen and oxygen atoms in total. The summed E-state index contributed by atoms with van der Waals surface area (Å²) in [6, 6.07) is 1.09. The number of nitro groups is 1. The summed E-state index contributed by atoms with van der Waals surface area (Å²) >= 11 is 0.875. The standard InChI is InChI=1S/C11H10N4O5S/c1-5-8(11(17)18)10(21-13-5)14(2)9(16)7-3-6(4-12-7)15(19)20/h3-4,12H,1-2H3,(H,17,18). The molecule has 2 N–H and O–H groups in total. The van der Waals surface area contributed by atoms with Crippen molar-refractivity contribution in [3.8, 4) is 0 Å². The summed E-state index contributed by atoms with van der Waals surface area (Å²) in [6.45, 7) is 1.53.